The number of aldehydes is 1. The van der Waals surface area contributed by atoms with Gasteiger partial charge < -0.3 is 9.90 Å². The van der Waals surface area contributed by atoms with Crippen LogP contribution in [0.2, 0.25) is 0 Å². The van der Waals surface area contributed by atoms with Gasteiger partial charge in [0.2, 0.25) is 0 Å². The quantitative estimate of drug-likeness (QED) is 0.587. The number of carbonyl (C=O) groups excluding carboxylic acids is 1. The highest BCUT2D eigenvalue weighted by atomic mass is 79.9. The third-order valence-corrected chi connectivity index (χ3v) is 2.75. The minimum absolute atomic E-state index is 0.526. The Hall–Kier alpha value is 0.0700. The van der Waals surface area contributed by atoms with E-state index in [0.29, 0.717) is 6.29 Å². The smallest absolute Gasteiger partial charge is 0.151 e. The van der Waals surface area contributed by atoms with Gasteiger partial charge in [0.1, 0.15) is 6.29 Å². The van der Waals surface area contributed by atoms with Crippen molar-refractivity contribution in [2.45, 2.75) is 4.51 Å². The Bertz CT molecular complexity index is 231. The van der Waals surface area contributed by atoms with Gasteiger partial charge in [-0.1, -0.05) is 22.0 Å². The highest BCUT2D eigenvalue weighted by molar-refractivity contribution is 9.12. The molecule has 0 spiro atoms. The van der Waals surface area contributed by atoms with Crippen LogP contribution >= 0.6 is 31.9 Å². The van der Waals surface area contributed by atoms with Gasteiger partial charge in [-0.25, -0.2) is 0 Å². The Kier molecular flexibility index (Phi) is 2.67. The summed E-state index contributed by atoms with van der Waals surface area (Å²) in [6, 6.07) is 0. The molecule has 0 heterocycles. The summed E-state index contributed by atoms with van der Waals surface area (Å²) in [6.07, 6.45) is 5.55. The van der Waals surface area contributed by atoms with Crippen LogP contribution in [0.3, 0.4) is 0 Å². The van der Waals surface area contributed by atoms with Crippen LogP contribution in [-0.4, -0.2) is 15.9 Å². The van der Waals surface area contributed by atoms with Crippen LogP contribution in [0.1, 0.15) is 0 Å². The molecule has 0 saturated carbocycles. The zero-order chi connectivity index (χ0) is 8.48. The number of carbonyl (C=O) groups is 1. The van der Waals surface area contributed by atoms with Gasteiger partial charge in [-0.2, -0.15) is 0 Å². The second kappa shape index (κ2) is 3.21. The van der Waals surface area contributed by atoms with Crippen molar-refractivity contribution in [1.82, 2.24) is 0 Å². The van der Waals surface area contributed by atoms with Crippen LogP contribution in [0.25, 0.3) is 0 Å². The van der Waals surface area contributed by atoms with E-state index in [0.717, 1.165) is 4.48 Å². The van der Waals surface area contributed by atoms with Crippen molar-refractivity contribution in [3.8, 4) is 0 Å². The molecule has 1 N–H and O–H groups in total. The number of halogens is 2. The number of hydrogen-bond donors (Lipinski definition) is 1. The zero-order valence-corrected chi connectivity index (χ0v) is 8.67. The zero-order valence-electron chi connectivity index (χ0n) is 5.50. The normalized spacial score (nSPS) is 36.6. The molecule has 11 heavy (non-hydrogen) atoms. The highest BCUT2D eigenvalue weighted by Gasteiger charge is 2.31. The van der Waals surface area contributed by atoms with Gasteiger partial charge in [0.25, 0.3) is 0 Å². The van der Waals surface area contributed by atoms with Crippen molar-refractivity contribution < 1.29 is 9.90 Å². The molecule has 0 saturated heterocycles. The van der Waals surface area contributed by atoms with E-state index in [1.165, 1.54) is 6.08 Å². The molecule has 1 aliphatic carbocycles. The van der Waals surface area contributed by atoms with E-state index < -0.39 is 10.4 Å². The first-order valence-corrected chi connectivity index (χ1v) is 4.58. The van der Waals surface area contributed by atoms with E-state index in [1.54, 1.807) is 12.2 Å². The van der Waals surface area contributed by atoms with E-state index in [2.05, 4.69) is 31.9 Å². The SMILES string of the molecule is O=CC1C=C(Br)C=CC1(O)Br. The summed E-state index contributed by atoms with van der Waals surface area (Å²) < 4.78 is -0.412. The molecule has 2 unspecified atom stereocenters. The van der Waals surface area contributed by atoms with E-state index >= 15 is 0 Å². The van der Waals surface area contributed by atoms with Crippen LogP contribution in [0.4, 0.5) is 0 Å². The molecule has 2 nitrogen and oxygen atoms in total. The maximum atomic E-state index is 10.4. The van der Waals surface area contributed by atoms with Crippen LogP contribution in [0, 0.1) is 5.92 Å². The first kappa shape index (κ1) is 9.16. The first-order chi connectivity index (χ1) is 5.06. The predicted octanol–water partition coefficient (Wildman–Crippen LogP) is 1.73. The molecule has 0 aromatic rings. The molecule has 1 aliphatic rings. The van der Waals surface area contributed by atoms with E-state index in [9.17, 15) is 9.90 Å². The predicted molar refractivity (Wildman–Crippen MR) is 49.6 cm³/mol. The summed E-state index contributed by atoms with van der Waals surface area (Å²) in [7, 11) is 0. The molecule has 0 radical (unpaired) electrons. The fraction of sp³-hybridized carbons (Fsp3) is 0.286. The molecule has 60 valence electrons. The monoisotopic (exact) mass is 280 g/mol. The molecule has 0 fully saturated rings. The van der Waals surface area contributed by atoms with Crippen molar-refractivity contribution in [3.63, 3.8) is 0 Å². The average Bonchev–Trinajstić information content (AvgIpc) is 1.94. The molecule has 2 atom stereocenters. The standard InChI is InChI=1S/C7H6Br2O2/c8-6-1-2-7(9,11)5(3-6)4-10/h1-5,11H. The first-order valence-electron chi connectivity index (χ1n) is 2.99. The van der Waals surface area contributed by atoms with E-state index in [1.807, 2.05) is 0 Å². The lowest BCUT2D eigenvalue weighted by molar-refractivity contribution is -0.112. The number of allylic oxidation sites excluding steroid dienone is 2. The number of alkyl halides is 1. The molecule has 0 aromatic heterocycles. The van der Waals surface area contributed by atoms with Gasteiger partial charge in [0.05, 0.1) is 5.92 Å². The van der Waals surface area contributed by atoms with Gasteiger partial charge in [-0.3, -0.25) is 0 Å². The lowest BCUT2D eigenvalue weighted by Gasteiger charge is -2.24. The Balaban J connectivity index is 2.92. The van der Waals surface area contributed by atoms with Gasteiger partial charge in [0.15, 0.2) is 4.51 Å². The van der Waals surface area contributed by atoms with Crippen LogP contribution in [0.15, 0.2) is 22.7 Å². The second-order valence-electron chi connectivity index (χ2n) is 2.27. The van der Waals surface area contributed by atoms with Gasteiger partial charge in [0, 0.05) is 4.48 Å². The topological polar surface area (TPSA) is 37.3 Å². The fourth-order valence-corrected chi connectivity index (χ4v) is 1.58. The summed E-state index contributed by atoms with van der Waals surface area (Å²) in [6.45, 7) is 0. The molecule has 0 bridgehead atoms. The molecule has 4 heteroatoms. The van der Waals surface area contributed by atoms with E-state index in [4.69, 9.17) is 0 Å². The van der Waals surface area contributed by atoms with Crippen LogP contribution in [-0.2, 0) is 4.79 Å². The molecule has 1 rings (SSSR count). The maximum absolute atomic E-state index is 10.4. The Labute approximate surface area is 81.2 Å². The fourth-order valence-electron chi connectivity index (χ4n) is 0.786. The Morgan fingerprint density at radius 2 is 2.36 bits per heavy atom. The van der Waals surface area contributed by atoms with Crippen molar-refractivity contribution in [2.75, 3.05) is 0 Å². The third-order valence-electron chi connectivity index (χ3n) is 1.43. The maximum Gasteiger partial charge on any atom is 0.151 e. The largest absolute Gasteiger partial charge is 0.374 e. The third kappa shape index (κ3) is 2.01. The van der Waals surface area contributed by atoms with Crippen LogP contribution < -0.4 is 0 Å². The highest BCUT2D eigenvalue weighted by Crippen LogP contribution is 2.32. The summed E-state index contributed by atoms with van der Waals surface area (Å²) in [5.74, 6) is -0.526. The number of hydrogen-bond acceptors (Lipinski definition) is 2. The van der Waals surface area contributed by atoms with Gasteiger partial charge in [-0.15, -0.1) is 0 Å². The molecular formula is C7H6Br2O2. The lowest BCUT2D eigenvalue weighted by atomic mass is 9.99. The summed E-state index contributed by atoms with van der Waals surface area (Å²) >= 11 is 6.22. The average molecular weight is 282 g/mol. The second-order valence-corrected chi connectivity index (χ2v) is 4.46. The van der Waals surface area contributed by atoms with Gasteiger partial charge >= 0.3 is 0 Å². The minimum Gasteiger partial charge on any atom is -0.374 e. The Morgan fingerprint density at radius 3 is 2.82 bits per heavy atom. The number of aliphatic hydroxyl groups is 1. The molecule has 0 aliphatic heterocycles. The molecule has 0 amide bonds. The lowest BCUT2D eigenvalue weighted by Crippen LogP contribution is -2.30. The van der Waals surface area contributed by atoms with Crippen LogP contribution in [0.5, 0.6) is 0 Å². The summed E-state index contributed by atoms with van der Waals surface area (Å²) in [5.41, 5.74) is 0. The Morgan fingerprint density at radius 1 is 1.73 bits per heavy atom. The minimum atomic E-state index is -1.22. The summed E-state index contributed by atoms with van der Waals surface area (Å²) in [5, 5.41) is 9.49. The van der Waals surface area contributed by atoms with Crippen molar-refractivity contribution in [2.24, 2.45) is 5.92 Å². The molecule has 0 aromatic carbocycles. The number of rotatable bonds is 1. The van der Waals surface area contributed by atoms with Crippen molar-refractivity contribution in [1.29, 1.82) is 0 Å². The van der Waals surface area contributed by atoms with Crippen molar-refractivity contribution in [3.05, 3.63) is 22.7 Å². The van der Waals surface area contributed by atoms with Crippen molar-refractivity contribution >= 4 is 38.1 Å². The summed E-state index contributed by atoms with van der Waals surface area (Å²) in [4.78, 5) is 10.4. The van der Waals surface area contributed by atoms with E-state index in [-0.39, 0.29) is 0 Å². The molecular weight excluding hydrogens is 276 g/mol. The van der Waals surface area contributed by atoms with Gasteiger partial charge in [-0.05, 0) is 28.1 Å².